The number of aromatic nitrogens is 1. The van der Waals surface area contributed by atoms with Gasteiger partial charge in [-0.05, 0) is 30.3 Å². The molecule has 0 saturated carbocycles. The van der Waals surface area contributed by atoms with Crippen molar-refractivity contribution in [2.45, 2.75) is 0 Å². The second-order valence-corrected chi connectivity index (χ2v) is 6.69. The highest BCUT2D eigenvalue weighted by molar-refractivity contribution is 7.22. The van der Waals surface area contributed by atoms with Crippen LogP contribution in [0.2, 0.25) is 0 Å². The van der Waals surface area contributed by atoms with Crippen LogP contribution in [0.1, 0.15) is 0 Å². The molecule has 0 unspecified atom stereocenters. The molecule has 1 fully saturated rings. The number of carbonyl (C=O) groups is 1. The van der Waals surface area contributed by atoms with Crippen LogP contribution in [0.5, 0.6) is 0 Å². The van der Waals surface area contributed by atoms with Crippen molar-refractivity contribution in [1.82, 2.24) is 4.98 Å². The van der Waals surface area contributed by atoms with E-state index in [9.17, 15) is 13.6 Å². The van der Waals surface area contributed by atoms with Gasteiger partial charge in [0.15, 0.2) is 5.13 Å². The summed E-state index contributed by atoms with van der Waals surface area (Å²) in [4.78, 5) is 18.6. The number of carbonyl (C=O) groups excluding carboxylic acids is 1. The fraction of sp³-hybridized carbons (Fsp3) is 0.176. The molecule has 0 atom stereocenters. The molecule has 1 aliphatic rings. The van der Waals surface area contributed by atoms with Gasteiger partial charge in [-0.1, -0.05) is 23.5 Å². The van der Waals surface area contributed by atoms with Crippen molar-refractivity contribution in [3.05, 3.63) is 54.1 Å². The van der Waals surface area contributed by atoms with E-state index in [0.29, 0.717) is 13.1 Å². The summed E-state index contributed by atoms with van der Waals surface area (Å²) >= 11 is 1.40. The molecule has 2 aromatic carbocycles. The van der Waals surface area contributed by atoms with Gasteiger partial charge in [0.25, 0.3) is 0 Å². The SMILES string of the molecule is O=C(Nc1ccccc1F)C1CN(c2nc3ccc(F)cc3s2)C1. The molecule has 1 amide bonds. The molecule has 0 aliphatic carbocycles. The number of nitrogens with one attached hydrogen (secondary N) is 1. The van der Waals surface area contributed by atoms with Gasteiger partial charge in [-0.25, -0.2) is 13.8 Å². The lowest BCUT2D eigenvalue weighted by Crippen LogP contribution is -2.52. The maximum atomic E-state index is 13.6. The number of para-hydroxylation sites is 1. The summed E-state index contributed by atoms with van der Waals surface area (Å²) in [6.07, 6.45) is 0. The molecule has 24 heavy (non-hydrogen) atoms. The second kappa shape index (κ2) is 5.83. The Kier molecular flexibility index (Phi) is 3.65. The quantitative estimate of drug-likeness (QED) is 0.788. The van der Waals surface area contributed by atoms with Gasteiger partial charge < -0.3 is 10.2 Å². The molecule has 1 aliphatic heterocycles. The number of hydrogen-bond donors (Lipinski definition) is 1. The van der Waals surface area contributed by atoms with E-state index in [1.807, 2.05) is 4.90 Å². The van der Waals surface area contributed by atoms with E-state index in [2.05, 4.69) is 10.3 Å². The van der Waals surface area contributed by atoms with Crippen molar-refractivity contribution >= 4 is 38.3 Å². The molecule has 1 saturated heterocycles. The molecule has 0 bridgehead atoms. The number of anilines is 2. The van der Waals surface area contributed by atoms with Crippen LogP contribution in [0.4, 0.5) is 19.6 Å². The van der Waals surface area contributed by atoms with Gasteiger partial charge >= 0.3 is 0 Å². The minimum absolute atomic E-state index is 0.191. The van der Waals surface area contributed by atoms with E-state index >= 15 is 0 Å². The first-order valence-corrected chi connectivity index (χ1v) is 8.28. The number of hydrogen-bond acceptors (Lipinski definition) is 4. The third-order valence-corrected chi connectivity index (χ3v) is 5.07. The van der Waals surface area contributed by atoms with E-state index in [0.717, 1.165) is 15.3 Å². The number of nitrogens with zero attached hydrogens (tertiary/aromatic N) is 2. The molecule has 2 heterocycles. The molecule has 7 heteroatoms. The predicted molar refractivity (Wildman–Crippen MR) is 90.3 cm³/mol. The van der Waals surface area contributed by atoms with E-state index < -0.39 is 5.82 Å². The number of fused-ring (bicyclic) bond motifs is 1. The van der Waals surface area contributed by atoms with Gasteiger partial charge in [0, 0.05) is 13.1 Å². The molecule has 3 aromatic rings. The average molecular weight is 345 g/mol. The zero-order valence-electron chi connectivity index (χ0n) is 12.5. The average Bonchev–Trinajstić information content (AvgIpc) is 2.90. The highest BCUT2D eigenvalue weighted by Crippen LogP contribution is 2.33. The van der Waals surface area contributed by atoms with Crippen molar-refractivity contribution in [2.24, 2.45) is 5.92 Å². The van der Waals surface area contributed by atoms with Crippen molar-refractivity contribution in [3.8, 4) is 0 Å². The third-order valence-electron chi connectivity index (χ3n) is 3.99. The summed E-state index contributed by atoms with van der Waals surface area (Å²) in [7, 11) is 0. The van der Waals surface area contributed by atoms with Gasteiger partial charge in [0.1, 0.15) is 11.6 Å². The topological polar surface area (TPSA) is 45.2 Å². The minimum Gasteiger partial charge on any atom is -0.346 e. The Morgan fingerprint density at radius 3 is 2.79 bits per heavy atom. The monoisotopic (exact) mass is 345 g/mol. The fourth-order valence-electron chi connectivity index (χ4n) is 2.62. The molecular formula is C17H13F2N3OS. The Balaban J connectivity index is 1.42. The number of thiazole rings is 1. The Labute approximate surface area is 140 Å². The van der Waals surface area contributed by atoms with Gasteiger partial charge in [-0.2, -0.15) is 0 Å². The van der Waals surface area contributed by atoms with E-state index in [-0.39, 0.29) is 23.3 Å². The van der Waals surface area contributed by atoms with Crippen molar-refractivity contribution < 1.29 is 13.6 Å². The molecule has 122 valence electrons. The first kappa shape index (κ1) is 15.0. The zero-order chi connectivity index (χ0) is 16.7. The van der Waals surface area contributed by atoms with Crippen LogP contribution in [-0.4, -0.2) is 24.0 Å². The first-order chi connectivity index (χ1) is 11.6. The lowest BCUT2D eigenvalue weighted by Gasteiger charge is -2.37. The summed E-state index contributed by atoms with van der Waals surface area (Å²) in [5.74, 6) is -1.16. The molecule has 0 radical (unpaired) electrons. The highest BCUT2D eigenvalue weighted by Gasteiger charge is 2.34. The largest absolute Gasteiger partial charge is 0.346 e. The Bertz CT molecular complexity index is 921. The Hall–Kier alpha value is -2.54. The summed E-state index contributed by atoms with van der Waals surface area (Å²) < 4.78 is 27.6. The van der Waals surface area contributed by atoms with Crippen LogP contribution in [0.25, 0.3) is 10.2 Å². The summed E-state index contributed by atoms with van der Waals surface area (Å²) in [6.45, 7) is 1.03. The predicted octanol–water partition coefficient (Wildman–Crippen LogP) is 3.65. The van der Waals surface area contributed by atoms with Crippen molar-refractivity contribution in [2.75, 3.05) is 23.3 Å². The molecule has 4 nitrogen and oxygen atoms in total. The molecule has 0 spiro atoms. The van der Waals surface area contributed by atoms with Gasteiger partial charge in [0.05, 0.1) is 21.8 Å². The molecule has 1 aromatic heterocycles. The maximum Gasteiger partial charge on any atom is 0.231 e. The van der Waals surface area contributed by atoms with Crippen LogP contribution >= 0.6 is 11.3 Å². The summed E-state index contributed by atoms with van der Waals surface area (Å²) in [5.41, 5.74) is 0.937. The third kappa shape index (κ3) is 2.71. The second-order valence-electron chi connectivity index (χ2n) is 5.68. The summed E-state index contributed by atoms with van der Waals surface area (Å²) in [6, 6.07) is 10.6. The van der Waals surface area contributed by atoms with Gasteiger partial charge in [0.2, 0.25) is 5.91 Å². The van der Waals surface area contributed by atoms with E-state index in [1.54, 1.807) is 18.2 Å². The normalized spacial score (nSPS) is 14.7. The Morgan fingerprint density at radius 1 is 1.21 bits per heavy atom. The minimum atomic E-state index is -0.449. The number of rotatable bonds is 3. The van der Waals surface area contributed by atoms with Crippen LogP contribution in [0.15, 0.2) is 42.5 Å². The Morgan fingerprint density at radius 2 is 2.00 bits per heavy atom. The maximum absolute atomic E-state index is 13.6. The van der Waals surface area contributed by atoms with Gasteiger partial charge in [-0.15, -0.1) is 0 Å². The van der Waals surface area contributed by atoms with Crippen LogP contribution in [0.3, 0.4) is 0 Å². The lowest BCUT2D eigenvalue weighted by molar-refractivity contribution is -0.120. The molecular weight excluding hydrogens is 332 g/mol. The van der Waals surface area contributed by atoms with Crippen molar-refractivity contribution in [3.63, 3.8) is 0 Å². The first-order valence-electron chi connectivity index (χ1n) is 7.46. The number of benzene rings is 2. The van der Waals surface area contributed by atoms with Gasteiger partial charge in [-0.3, -0.25) is 4.79 Å². The summed E-state index contributed by atoms with van der Waals surface area (Å²) in [5, 5.41) is 3.38. The number of amides is 1. The standard InChI is InChI=1S/C17H13F2N3OS/c18-11-5-6-14-15(7-11)24-17(21-14)22-8-10(9-22)16(23)20-13-4-2-1-3-12(13)19/h1-7,10H,8-9H2,(H,20,23). The van der Waals surface area contributed by atoms with Crippen molar-refractivity contribution in [1.29, 1.82) is 0 Å². The smallest absolute Gasteiger partial charge is 0.231 e. The van der Waals surface area contributed by atoms with Crippen LogP contribution < -0.4 is 10.2 Å². The van der Waals surface area contributed by atoms with E-state index in [4.69, 9.17) is 0 Å². The van der Waals surface area contributed by atoms with E-state index in [1.165, 1.54) is 35.6 Å². The van der Waals surface area contributed by atoms with Crippen LogP contribution in [0, 0.1) is 17.6 Å². The number of halogens is 2. The van der Waals surface area contributed by atoms with Crippen LogP contribution in [-0.2, 0) is 4.79 Å². The lowest BCUT2D eigenvalue weighted by atomic mass is 10.00. The highest BCUT2D eigenvalue weighted by atomic mass is 32.1. The molecule has 1 N–H and O–H groups in total. The zero-order valence-corrected chi connectivity index (χ0v) is 13.3. The molecule has 4 rings (SSSR count). The fourth-order valence-corrected chi connectivity index (χ4v) is 3.63.